The molecule has 0 spiro atoms. The summed E-state index contributed by atoms with van der Waals surface area (Å²) in [6, 6.07) is 3.53. The topological polar surface area (TPSA) is 47.9 Å². The minimum absolute atomic E-state index is 0.272. The molecular weight excluding hydrogens is 210 g/mol. The van der Waals surface area contributed by atoms with Gasteiger partial charge < -0.3 is 4.74 Å². The van der Waals surface area contributed by atoms with Crippen molar-refractivity contribution in [2.24, 2.45) is 0 Å². The number of halogens is 1. The Labute approximate surface area is 83.5 Å². The highest BCUT2D eigenvalue weighted by Gasteiger charge is 2.06. The predicted molar refractivity (Wildman–Crippen MR) is 49.2 cm³/mol. The third kappa shape index (κ3) is 1.93. The monoisotopic (exact) mass is 213 g/mol. The van der Waals surface area contributed by atoms with Crippen molar-refractivity contribution >= 4 is 23.3 Å². The number of pyridine rings is 1. The van der Waals surface area contributed by atoms with E-state index in [1.165, 1.54) is 0 Å². The zero-order valence-electron chi connectivity index (χ0n) is 6.35. The van der Waals surface area contributed by atoms with Gasteiger partial charge in [0.1, 0.15) is 5.75 Å². The van der Waals surface area contributed by atoms with Crippen LogP contribution in [0, 0.1) is 0 Å². The summed E-state index contributed by atoms with van der Waals surface area (Å²) >= 11 is 6.69. The summed E-state index contributed by atoms with van der Waals surface area (Å²) in [6.07, 6.45) is 3.24. The number of hydrogen-bond donors (Lipinski definition) is 0. The Morgan fingerprint density at radius 1 is 1.38 bits per heavy atom. The quantitative estimate of drug-likeness (QED) is 0.769. The molecule has 4 nitrogen and oxygen atoms in total. The van der Waals surface area contributed by atoms with Gasteiger partial charge in [-0.1, -0.05) is 11.6 Å². The second-order valence-electron chi connectivity index (χ2n) is 2.15. The minimum Gasteiger partial charge on any atom is -0.434 e. The molecule has 0 unspecified atom stereocenters. The van der Waals surface area contributed by atoms with Gasteiger partial charge in [-0.25, -0.2) is 0 Å². The van der Waals surface area contributed by atoms with Gasteiger partial charge in [0.25, 0.3) is 5.88 Å². The lowest BCUT2D eigenvalue weighted by atomic mass is 10.5. The normalized spacial score (nSPS) is 9.92. The fourth-order valence-electron chi connectivity index (χ4n) is 0.750. The Morgan fingerprint density at radius 3 is 2.92 bits per heavy atom. The van der Waals surface area contributed by atoms with E-state index in [1.54, 1.807) is 24.5 Å². The van der Waals surface area contributed by atoms with Crippen molar-refractivity contribution in [2.45, 2.75) is 0 Å². The zero-order chi connectivity index (χ0) is 9.10. The molecule has 0 bridgehead atoms. The van der Waals surface area contributed by atoms with Crippen molar-refractivity contribution in [1.29, 1.82) is 0 Å². The van der Waals surface area contributed by atoms with Crippen LogP contribution in [0.3, 0.4) is 0 Å². The van der Waals surface area contributed by atoms with Gasteiger partial charge in [0.2, 0.25) is 5.15 Å². The van der Waals surface area contributed by atoms with Gasteiger partial charge >= 0.3 is 0 Å². The molecule has 0 saturated carbocycles. The van der Waals surface area contributed by atoms with Crippen LogP contribution >= 0.6 is 23.3 Å². The molecule has 2 heterocycles. The van der Waals surface area contributed by atoms with Crippen LogP contribution in [-0.4, -0.2) is 13.7 Å². The van der Waals surface area contributed by atoms with E-state index < -0.39 is 0 Å². The lowest BCUT2D eigenvalue weighted by Crippen LogP contribution is -1.84. The van der Waals surface area contributed by atoms with E-state index in [4.69, 9.17) is 16.3 Å². The Hall–Kier alpha value is -1.20. The predicted octanol–water partition coefficient (Wildman–Crippen LogP) is 2.38. The molecule has 0 aliphatic rings. The minimum atomic E-state index is 0.272. The van der Waals surface area contributed by atoms with E-state index in [2.05, 4.69) is 13.7 Å². The molecule has 0 fully saturated rings. The van der Waals surface area contributed by atoms with Gasteiger partial charge in [-0.15, -0.1) is 4.37 Å². The Balaban J connectivity index is 2.20. The molecule has 13 heavy (non-hydrogen) atoms. The molecule has 2 aromatic heterocycles. The largest absolute Gasteiger partial charge is 0.434 e. The molecule has 0 aliphatic carbocycles. The van der Waals surface area contributed by atoms with E-state index in [9.17, 15) is 0 Å². The highest BCUT2D eigenvalue weighted by molar-refractivity contribution is 6.99. The molecule has 6 heteroatoms. The maximum absolute atomic E-state index is 5.68. The number of aromatic nitrogens is 3. The van der Waals surface area contributed by atoms with Gasteiger partial charge in [-0.2, -0.15) is 4.37 Å². The standard InChI is InChI=1S/C7H4ClN3OS/c8-6-7(11-13-10-6)12-5-2-1-3-9-4-5/h1-4H. The van der Waals surface area contributed by atoms with Crippen LogP contribution in [0.1, 0.15) is 0 Å². The molecule has 0 saturated heterocycles. The van der Waals surface area contributed by atoms with Gasteiger partial charge in [0.15, 0.2) is 0 Å². The molecule has 66 valence electrons. The van der Waals surface area contributed by atoms with E-state index in [0.29, 0.717) is 11.6 Å². The van der Waals surface area contributed by atoms with E-state index in [0.717, 1.165) is 11.7 Å². The third-order valence-electron chi connectivity index (χ3n) is 1.27. The summed E-state index contributed by atoms with van der Waals surface area (Å²) < 4.78 is 12.9. The van der Waals surface area contributed by atoms with Crippen LogP contribution in [0.4, 0.5) is 0 Å². The average molecular weight is 214 g/mol. The van der Waals surface area contributed by atoms with Crippen LogP contribution < -0.4 is 4.74 Å². The molecule has 2 rings (SSSR count). The van der Waals surface area contributed by atoms with Gasteiger partial charge in [-0.3, -0.25) is 4.98 Å². The number of ether oxygens (including phenoxy) is 1. The zero-order valence-corrected chi connectivity index (χ0v) is 7.92. The fraction of sp³-hybridized carbons (Fsp3) is 0. The molecule has 0 radical (unpaired) electrons. The van der Waals surface area contributed by atoms with Crippen molar-refractivity contribution < 1.29 is 4.74 Å². The first-order valence-electron chi connectivity index (χ1n) is 3.42. The first-order valence-corrected chi connectivity index (χ1v) is 4.53. The summed E-state index contributed by atoms with van der Waals surface area (Å²) in [4.78, 5) is 3.88. The third-order valence-corrected chi connectivity index (χ3v) is 2.13. The van der Waals surface area contributed by atoms with Crippen molar-refractivity contribution in [3.63, 3.8) is 0 Å². The fourth-order valence-corrected chi connectivity index (χ4v) is 1.36. The lowest BCUT2D eigenvalue weighted by Gasteiger charge is -1.99. The van der Waals surface area contributed by atoms with Crippen molar-refractivity contribution in [1.82, 2.24) is 13.7 Å². The second kappa shape index (κ2) is 3.68. The maximum Gasteiger partial charge on any atom is 0.270 e. The number of hydrogen-bond acceptors (Lipinski definition) is 5. The van der Waals surface area contributed by atoms with Crippen LogP contribution in [0.5, 0.6) is 11.6 Å². The van der Waals surface area contributed by atoms with E-state index in [1.807, 2.05) is 0 Å². The summed E-state index contributed by atoms with van der Waals surface area (Å²) in [7, 11) is 0. The van der Waals surface area contributed by atoms with Crippen LogP contribution in [0.25, 0.3) is 0 Å². The summed E-state index contributed by atoms with van der Waals surface area (Å²) in [5, 5.41) is 0.272. The van der Waals surface area contributed by atoms with Gasteiger partial charge in [0, 0.05) is 6.20 Å². The van der Waals surface area contributed by atoms with Crippen LogP contribution in [0.15, 0.2) is 24.5 Å². The van der Waals surface area contributed by atoms with Gasteiger partial charge in [0.05, 0.1) is 17.9 Å². The molecular formula is C7H4ClN3OS. The smallest absolute Gasteiger partial charge is 0.270 e. The molecule has 2 aromatic rings. The van der Waals surface area contributed by atoms with Gasteiger partial charge in [-0.05, 0) is 12.1 Å². The van der Waals surface area contributed by atoms with Crippen molar-refractivity contribution in [2.75, 3.05) is 0 Å². The Kier molecular flexibility index (Phi) is 2.37. The first-order chi connectivity index (χ1) is 6.36. The van der Waals surface area contributed by atoms with Crippen molar-refractivity contribution in [3.05, 3.63) is 29.7 Å². The molecule has 0 aromatic carbocycles. The Morgan fingerprint density at radius 2 is 2.31 bits per heavy atom. The Bertz CT molecular complexity index is 392. The van der Waals surface area contributed by atoms with Crippen LogP contribution in [0.2, 0.25) is 5.15 Å². The maximum atomic E-state index is 5.68. The molecule has 0 aliphatic heterocycles. The summed E-state index contributed by atoms with van der Waals surface area (Å²) in [5.74, 6) is 0.914. The van der Waals surface area contributed by atoms with Crippen LogP contribution in [-0.2, 0) is 0 Å². The number of rotatable bonds is 2. The SMILES string of the molecule is Clc1nsnc1Oc1cccnc1. The molecule has 0 amide bonds. The summed E-state index contributed by atoms with van der Waals surface area (Å²) in [6.45, 7) is 0. The van der Waals surface area contributed by atoms with Crippen molar-refractivity contribution in [3.8, 4) is 11.6 Å². The molecule has 0 N–H and O–H groups in total. The summed E-state index contributed by atoms with van der Waals surface area (Å²) in [5.41, 5.74) is 0. The van der Waals surface area contributed by atoms with E-state index in [-0.39, 0.29) is 5.15 Å². The average Bonchev–Trinajstić information content (AvgIpc) is 2.54. The molecule has 0 atom stereocenters. The highest BCUT2D eigenvalue weighted by atomic mass is 35.5. The first kappa shape index (κ1) is 8.40. The highest BCUT2D eigenvalue weighted by Crippen LogP contribution is 2.25. The lowest BCUT2D eigenvalue weighted by molar-refractivity contribution is 0.466. The van der Waals surface area contributed by atoms with E-state index >= 15 is 0 Å². The second-order valence-corrected chi connectivity index (χ2v) is 3.04. The number of nitrogens with zero attached hydrogens (tertiary/aromatic N) is 3.